The van der Waals surface area contributed by atoms with Gasteiger partial charge in [-0.15, -0.1) is 11.8 Å². The highest BCUT2D eigenvalue weighted by molar-refractivity contribution is 7.99. The molecule has 0 N–H and O–H groups in total. The van der Waals surface area contributed by atoms with Gasteiger partial charge in [-0.2, -0.15) is 0 Å². The molecule has 3 heteroatoms. The van der Waals surface area contributed by atoms with E-state index in [-0.39, 0.29) is 0 Å². The lowest BCUT2D eigenvalue weighted by atomic mass is 10.0. The minimum atomic E-state index is 0.799. The monoisotopic (exact) mass is 355 g/mol. The summed E-state index contributed by atoms with van der Waals surface area (Å²) in [5.74, 6) is 1.01. The molecule has 0 aromatic heterocycles. The zero-order chi connectivity index (χ0) is 17.3. The van der Waals surface area contributed by atoms with E-state index in [1.807, 2.05) is 18.7 Å². The molecule has 1 aliphatic rings. The quantitative estimate of drug-likeness (QED) is 0.457. The molecule has 2 nitrogen and oxygen atoms in total. The molecule has 1 aliphatic heterocycles. The van der Waals surface area contributed by atoms with Gasteiger partial charge in [-0.05, 0) is 68.1 Å². The highest BCUT2D eigenvalue weighted by Gasteiger charge is 2.10. The maximum Gasteiger partial charge on any atom is 0.0560 e. The molecule has 0 radical (unpaired) electrons. The molecule has 2 aromatic rings. The van der Waals surface area contributed by atoms with Gasteiger partial charge in [0, 0.05) is 23.8 Å². The van der Waals surface area contributed by atoms with Crippen molar-refractivity contribution in [3.8, 4) is 11.1 Å². The van der Waals surface area contributed by atoms with Gasteiger partial charge in [0.15, 0.2) is 0 Å². The summed E-state index contributed by atoms with van der Waals surface area (Å²) in [6.07, 6.45) is 3.91. The predicted molar refractivity (Wildman–Crippen MR) is 108 cm³/mol. The summed E-state index contributed by atoms with van der Waals surface area (Å²) in [7, 11) is 0. The Bertz CT molecular complexity index is 617. The third-order valence-electron chi connectivity index (χ3n) is 4.76. The Balaban J connectivity index is 1.50. The highest BCUT2D eigenvalue weighted by Crippen LogP contribution is 2.24. The van der Waals surface area contributed by atoms with Gasteiger partial charge in [0.25, 0.3) is 0 Å². The minimum absolute atomic E-state index is 0.799. The fraction of sp³-hybridized carbons (Fsp3) is 0.455. The normalized spacial score (nSPS) is 14.9. The molecule has 1 heterocycles. The van der Waals surface area contributed by atoms with E-state index in [1.165, 1.54) is 54.1 Å². The van der Waals surface area contributed by atoms with Crippen LogP contribution in [0.2, 0.25) is 0 Å². The number of ether oxygens (including phenoxy) is 1. The maximum absolute atomic E-state index is 5.39. The second-order valence-electron chi connectivity index (χ2n) is 6.57. The average Bonchev–Trinajstić information content (AvgIpc) is 3.18. The lowest BCUT2D eigenvalue weighted by Gasteiger charge is -2.14. The van der Waals surface area contributed by atoms with Gasteiger partial charge in [-0.25, -0.2) is 0 Å². The molecule has 0 atom stereocenters. The minimum Gasteiger partial charge on any atom is -0.381 e. The van der Waals surface area contributed by atoms with Crippen LogP contribution in [0, 0.1) is 0 Å². The second kappa shape index (κ2) is 10.0. The highest BCUT2D eigenvalue weighted by atomic mass is 32.2. The Kier molecular flexibility index (Phi) is 7.40. The topological polar surface area (TPSA) is 12.5 Å². The van der Waals surface area contributed by atoms with Crippen LogP contribution in [0.25, 0.3) is 11.1 Å². The Labute approximate surface area is 156 Å². The average molecular weight is 356 g/mol. The molecule has 1 fully saturated rings. The first kappa shape index (κ1) is 18.5. The van der Waals surface area contributed by atoms with E-state index in [9.17, 15) is 0 Å². The van der Waals surface area contributed by atoms with Crippen molar-refractivity contribution in [1.82, 2.24) is 4.90 Å². The van der Waals surface area contributed by atoms with Crippen LogP contribution in [-0.2, 0) is 11.2 Å². The summed E-state index contributed by atoms with van der Waals surface area (Å²) in [5.41, 5.74) is 4.04. The first-order chi connectivity index (χ1) is 12.3. The number of thioether (sulfide) groups is 1. The summed E-state index contributed by atoms with van der Waals surface area (Å²) in [6, 6.07) is 18.0. The molecule has 0 saturated carbocycles. The second-order valence-corrected chi connectivity index (χ2v) is 7.73. The molecule has 1 saturated heterocycles. The third-order valence-corrected chi connectivity index (χ3v) is 5.73. The van der Waals surface area contributed by atoms with Crippen LogP contribution in [0.5, 0.6) is 0 Å². The van der Waals surface area contributed by atoms with Gasteiger partial charge in [0.2, 0.25) is 0 Å². The van der Waals surface area contributed by atoms with Gasteiger partial charge in [0.05, 0.1) is 6.61 Å². The van der Waals surface area contributed by atoms with E-state index in [1.54, 1.807) is 0 Å². The fourth-order valence-corrected chi connectivity index (χ4v) is 4.03. The van der Waals surface area contributed by atoms with Crippen LogP contribution < -0.4 is 0 Å². The number of nitrogens with zero attached hydrogens (tertiary/aromatic N) is 1. The van der Waals surface area contributed by atoms with Gasteiger partial charge >= 0.3 is 0 Å². The summed E-state index contributed by atoms with van der Waals surface area (Å²) in [4.78, 5) is 3.89. The summed E-state index contributed by atoms with van der Waals surface area (Å²) < 4.78 is 5.39. The van der Waals surface area contributed by atoms with E-state index < -0.39 is 0 Å². The first-order valence-corrected chi connectivity index (χ1v) is 10.5. The summed E-state index contributed by atoms with van der Waals surface area (Å²) in [6.45, 7) is 7.43. The molecule has 0 aliphatic carbocycles. The molecule has 134 valence electrons. The Morgan fingerprint density at radius 1 is 0.920 bits per heavy atom. The molecule has 0 amide bonds. The van der Waals surface area contributed by atoms with E-state index in [0.717, 1.165) is 25.4 Å². The van der Waals surface area contributed by atoms with Crippen molar-refractivity contribution < 1.29 is 4.74 Å². The number of hydrogen-bond acceptors (Lipinski definition) is 3. The van der Waals surface area contributed by atoms with Crippen molar-refractivity contribution in [2.45, 2.75) is 31.1 Å². The van der Waals surface area contributed by atoms with Crippen molar-refractivity contribution in [2.24, 2.45) is 0 Å². The summed E-state index contributed by atoms with van der Waals surface area (Å²) in [5, 5.41) is 0. The first-order valence-electron chi connectivity index (χ1n) is 9.47. The lowest BCUT2D eigenvalue weighted by Crippen LogP contribution is -2.21. The maximum atomic E-state index is 5.39. The van der Waals surface area contributed by atoms with Crippen LogP contribution in [-0.4, -0.2) is 43.5 Å². The van der Waals surface area contributed by atoms with Gasteiger partial charge in [0.1, 0.15) is 0 Å². The van der Waals surface area contributed by atoms with Gasteiger partial charge < -0.3 is 9.64 Å². The van der Waals surface area contributed by atoms with Crippen molar-refractivity contribution >= 4 is 11.8 Å². The van der Waals surface area contributed by atoms with Crippen molar-refractivity contribution in [2.75, 3.05) is 38.6 Å². The third kappa shape index (κ3) is 5.88. The van der Waals surface area contributed by atoms with E-state index in [4.69, 9.17) is 4.74 Å². The van der Waals surface area contributed by atoms with Crippen LogP contribution in [0.15, 0.2) is 53.4 Å². The van der Waals surface area contributed by atoms with Crippen LogP contribution in [0.4, 0.5) is 0 Å². The van der Waals surface area contributed by atoms with Crippen molar-refractivity contribution in [3.63, 3.8) is 0 Å². The number of benzene rings is 2. The zero-order valence-electron chi connectivity index (χ0n) is 15.2. The smallest absolute Gasteiger partial charge is 0.0560 e. The largest absolute Gasteiger partial charge is 0.381 e. The molecular weight excluding hydrogens is 326 g/mol. The molecule has 0 spiro atoms. The molecule has 3 rings (SSSR count). The van der Waals surface area contributed by atoms with E-state index in [2.05, 4.69) is 53.4 Å². The van der Waals surface area contributed by atoms with Gasteiger partial charge in [-0.1, -0.05) is 36.4 Å². The SMILES string of the molecule is CCOCCSc1ccc(-c2ccc(CCN3CCCC3)cc2)cc1. The van der Waals surface area contributed by atoms with Gasteiger partial charge in [-0.3, -0.25) is 0 Å². The molecule has 0 unspecified atom stereocenters. The predicted octanol–water partition coefficient (Wildman–Crippen LogP) is 5.12. The molecule has 0 bridgehead atoms. The van der Waals surface area contributed by atoms with E-state index in [0.29, 0.717) is 0 Å². The number of hydrogen-bond donors (Lipinski definition) is 0. The molecule has 25 heavy (non-hydrogen) atoms. The Morgan fingerprint density at radius 3 is 2.20 bits per heavy atom. The standard InChI is InChI=1S/C22H29NOS/c1-2-24-17-18-25-22-11-9-21(10-12-22)20-7-5-19(6-8-20)13-16-23-14-3-4-15-23/h5-12H,2-4,13-18H2,1H3. The lowest BCUT2D eigenvalue weighted by molar-refractivity contribution is 0.164. The van der Waals surface area contributed by atoms with Crippen molar-refractivity contribution in [3.05, 3.63) is 54.1 Å². The zero-order valence-corrected chi connectivity index (χ0v) is 16.1. The van der Waals surface area contributed by atoms with Crippen LogP contribution in [0.3, 0.4) is 0 Å². The summed E-state index contributed by atoms with van der Waals surface area (Å²) >= 11 is 1.86. The fourth-order valence-electron chi connectivity index (χ4n) is 3.26. The number of rotatable bonds is 9. The van der Waals surface area contributed by atoms with Crippen molar-refractivity contribution in [1.29, 1.82) is 0 Å². The Hall–Kier alpha value is -1.29. The van der Waals surface area contributed by atoms with Crippen LogP contribution in [0.1, 0.15) is 25.3 Å². The Morgan fingerprint density at radius 2 is 1.56 bits per heavy atom. The van der Waals surface area contributed by atoms with E-state index >= 15 is 0 Å². The molecular formula is C22H29NOS. The number of likely N-dealkylation sites (tertiary alicyclic amines) is 1. The molecule has 2 aromatic carbocycles. The van der Waals surface area contributed by atoms with Crippen LogP contribution >= 0.6 is 11.8 Å².